The van der Waals surface area contributed by atoms with Gasteiger partial charge in [0.2, 0.25) is 0 Å². The zero-order valence-electron chi connectivity index (χ0n) is 11.9. The normalized spacial score (nSPS) is 10.8. The minimum absolute atomic E-state index is 0. The van der Waals surface area contributed by atoms with Crippen molar-refractivity contribution < 1.29 is 5.11 Å². The van der Waals surface area contributed by atoms with E-state index in [0.29, 0.717) is 11.2 Å². The molecule has 0 radical (unpaired) electrons. The zero-order chi connectivity index (χ0) is 14.0. The molecule has 4 N–H and O–H groups in total. The molecule has 1 aromatic rings. The lowest BCUT2D eigenvalue weighted by atomic mass is 10.3. The summed E-state index contributed by atoms with van der Waals surface area (Å²) in [4.78, 5) is 7.08. The Hall–Kier alpha value is -0.660. The fraction of sp³-hybridized carbons (Fsp3) is 0.667. The standard InChI is InChI=1S/C6H14N2OS.C6H10N2.BrH/c1-4(2)7-6(10)8-5(3)9;1-2-3-6-7-4-5-8-6;/h4-5,9H,1-3H3,(H2,7,8,10);4-5H,2-3H2,1H3,(H,7,8);1H. The van der Waals surface area contributed by atoms with Gasteiger partial charge in [-0.3, -0.25) is 0 Å². The number of aliphatic hydroxyl groups is 1. The molecule has 1 atom stereocenters. The molecular formula is C12H25BrN4OS. The fourth-order valence-corrected chi connectivity index (χ4v) is 1.57. The Morgan fingerprint density at radius 2 is 2.05 bits per heavy atom. The fourth-order valence-electron chi connectivity index (χ4n) is 1.17. The summed E-state index contributed by atoms with van der Waals surface area (Å²) >= 11 is 4.82. The smallest absolute Gasteiger partial charge is 0.168 e. The topological polar surface area (TPSA) is 73.0 Å². The first-order chi connectivity index (χ1) is 8.45. The van der Waals surface area contributed by atoms with Crippen LogP contribution in [0.15, 0.2) is 12.4 Å². The van der Waals surface area contributed by atoms with Crippen LogP contribution in [0.25, 0.3) is 0 Å². The molecule has 0 aliphatic carbocycles. The largest absolute Gasteiger partial charge is 0.374 e. The summed E-state index contributed by atoms with van der Waals surface area (Å²) in [5.41, 5.74) is 0. The van der Waals surface area contributed by atoms with Gasteiger partial charge in [-0.2, -0.15) is 0 Å². The molecule has 0 saturated carbocycles. The summed E-state index contributed by atoms with van der Waals surface area (Å²) in [6, 6.07) is 0.304. The molecule has 0 fully saturated rings. The molecule has 0 bridgehead atoms. The van der Waals surface area contributed by atoms with E-state index in [1.807, 2.05) is 20.0 Å². The summed E-state index contributed by atoms with van der Waals surface area (Å²) in [7, 11) is 0. The lowest BCUT2D eigenvalue weighted by Crippen LogP contribution is -2.43. The average molecular weight is 353 g/mol. The predicted molar refractivity (Wildman–Crippen MR) is 88.6 cm³/mol. The van der Waals surface area contributed by atoms with Crippen LogP contribution in [0.3, 0.4) is 0 Å². The van der Waals surface area contributed by atoms with Gasteiger partial charge < -0.3 is 20.7 Å². The minimum atomic E-state index is -0.584. The van der Waals surface area contributed by atoms with Crippen molar-refractivity contribution in [1.29, 1.82) is 0 Å². The Balaban J connectivity index is 0. The first-order valence-corrected chi connectivity index (χ1v) is 6.59. The highest BCUT2D eigenvalue weighted by atomic mass is 79.9. The molecule has 1 unspecified atom stereocenters. The van der Waals surface area contributed by atoms with Gasteiger partial charge in [-0.25, -0.2) is 4.98 Å². The molecule has 7 heteroatoms. The number of aromatic nitrogens is 2. The molecule has 1 heterocycles. The van der Waals surface area contributed by atoms with Crippen molar-refractivity contribution in [3.8, 4) is 0 Å². The third-order valence-corrected chi connectivity index (χ3v) is 2.04. The highest BCUT2D eigenvalue weighted by Gasteiger charge is 1.99. The van der Waals surface area contributed by atoms with Crippen LogP contribution >= 0.6 is 29.2 Å². The van der Waals surface area contributed by atoms with Crippen molar-refractivity contribution in [1.82, 2.24) is 20.6 Å². The first-order valence-electron chi connectivity index (χ1n) is 6.19. The maximum absolute atomic E-state index is 8.80. The second-order valence-electron chi connectivity index (χ2n) is 4.23. The van der Waals surface area contributed by atoms with Gasteiger partial charge in [0.1, 0.15) is 12.1 Å². The van der Waals surface area contributed by atoms with Gasteiger partial charge in [-0.1, -0.05) is 6.92 Å². The number of H-pyrrole nitrogens is 1. The van der Waals surface area contributed by atoms with Gasteiger partial charge in [0.05, 0.1) is 0 Å². The van der Waals surface area contributed by atoms with Crippen LogP contribution < -0.4 is 10.6 Å². The Morgan fingerprint density at radius 1 is 1.42 bits per heavy atom. The molecule has 5 nitrogen and oxygen atoms in total. The van der Waals surface area contributed by atoms with E-state index < -0.39 is 6.23 Å². The van der Waals surface area contributed by atoms with Crippen LogP contribution in [0.2, 0.25) is 0 Å². The highest BCUT2D eigenvalue weighted by molar-refractivity contribution is 8.93. The molecule has 1 aromatic heterocycles. The van der Waals surface area contributed by atoms with E-state index in [2.05, 4.69) is 27.5 Å². The monoisotopic (exact) mass is 352 g/mol. The van der Waals surface area contributed by atoms with E-state index in [1.54, 1.807) is 13.1 Å². The van der Waals surface area contributed by atoms with E-state index in [-0.39, 0.29) is 17.0 Å². The van der Waals surface area contributed by atoms with Crippen molar-refractivity contribution in [2.75, 3.05) is 0 Å². The maximum atomic E-state index is 8.80. The van der Waals surface area contributed by atoms with E-state index in [0.717, 1.165) is 18.7 Å². The molecule has 0 aliphatic heterocycles. The van der Waals surface area contributed by atoms with Gasteiger partial charge in [-0.05, 0) is 39.4 Å². The van der Waals surface area contributed by atoms with Gasteiger partial charge >= 0.3 is 0 Å². The molecule has 1 rings (SSSR count). The third-order valence-electron chi connectivity index (χ3n) is 1.80. The molecule has 0 amide bonds. The van der Waals surface area contributed by atoms with Crippen LogP contribution in [-0.2, 0) is 6.42 Å². The number of aryl methyl sites for hydroxylation is 1. The number of nitrogens with zero attached hydrogens (tertiary/aromatic N) is 1. The van der Waals surface area contributed by atoms with E-state index in [4.69, 9.17) is 17.3 Å². The van der Waals surface area contributed by atoms with Gasteiger partial charge in [0.25, 0.3) is 0 Å². The number of halogens is 1. The van der Waals surface area contributed by atoms with Gasteiger partial charge in [-0.15, -0.1) is 17.0 Å². The predicted octanol–water partition coefficient (Wildman–Crippen LogP) is 2.14. The van der Waals surface area contributed by atoms with Crippen molar-refractivity contribution >= 4 is 34.3 Å². The quantitative estimate of drug-likeness (QED) is 0.493. The van der Waals surface area contributed by atoms with Crippen molar-refractivity contribution in [3.05, 3.63) is 18.2 Å². The summed E-state index contributed by atoms with van der Waals surface area (Å²) in [5, 5.41) is 14.9. The Labute approximate surface area is 131 Å². The Bertz CT molecular complexity index is 306. The van der Waals surface area contributed by atoms with Gasteiger partial charge in [0, 0.05) is 24.9 Å². The molecule has 0 saturated heterocycles. The molecule has 0 aliphatic rings. The number of aliphatic hydroxyl groups excluding tert-OH is 1. The number of hydrogen-bond donors (Lipinski definition) is 4. The molecule has 0 aromatic carbocycles. The second kappa shape index (κ2) is 12.4. The number of hydrogen-bond acceptors (Lipinski definition) is 3. The van der Waals surface area contributed by atoms with E-state index in [1.165, 1.54) is 0 Å². The first kappa shape index (κ1) is 20.7. The molecular weight excluding hydrogens is 328 g/mol. The SMILES string of the molecule is Br.CC(C)NC(=S)NC(C)O.CCCc1ncc[nH]1. The van der Waals surface area contributed by atoms with Crippen LogP contribution in [0.5, 0.6) is 0 Å². The molecule has 0 spiro atoms. The molecule has 112 valence electrons. The maximum Gasteiger partial charge on any atom is 0.168 e. The number of thiocarbonyl (C=S) groups is 1. The van der Waals surface area contributed by atoms with Crippen molar-refractivity contribution in [2.45, 2.75) is 52.8 Å². The van der Waals surface area contributed by atoms with E-state index >= 15 is 0 Å². The van der Waals surface area contributed by atoms with E-state index in [9.17, 15) is 0 Å². The van der Waals surface area contributed by atoms with Crippen molar-refractivity contribution in [3.63, 3.8) is 0 Å². The lowest BCUT2D eigenvalue weighted by molar-refractivity contribution is 0.180. The highest BCUT2D eigenvalue weighted by Crippen LogP contribution is 1.91. The lowest BCUT2D eigenvalue weighted by Gasteiger charge is -2.14. The second-order valence-corrected chi connectivity index (χ2v) is 4.64. The third kappa shape index (κ3) is 13.6. The van der Waals surface area contributed by atoms with Crippen molar-refractivity contribution in [2.24, 2.45) is 0 Å². The molecule has 19 heavy (non-hydrogen) atoms. The Kier molecular flexibility index (Phi) is 13.5. The number of imidazole rings is 1. The number of nitrogens with one attached hydrogen (secondary N) is 3. The van der Waals surface area contributed by atoms with Crippen LogP contribution in [-0.4, -0.2) is 32.5 Å². The zero-order valence-corrected chi connectivity index (χ0v) is 14.5. The summed E-state index contributed by atoms with van der Waals surface area (Å²) in [6.45, 7) is 7.73. The van der Waals surface area contributed by atoms with Crippen LogP contribution in [0.4, 0.5) is 0 Å². The summed E-state index contributed by atoms with van der Waals surface area (Å²) < 4.78 is 0. The van der Waals surface area contributed by atoms with Crippen LogP contribution in [0.1, 0.15) is 39.9 Å². The summed E-state index contributed by atoms with van der Waals surface area (Å²) in [5.74, 6) is 1.09. The van der Waals surface area contributed by atoms with Crippen LogP contribution in [0, 0.1) is 0 Å². The average Bonchev–Trinajstić information content (AvgIpc) is 2.69. The number of aromatic amines is 1. The Morgan fingerprint density at radius 3 is 2.42 bits per heavy atom. The van der Waals surface area contributed by atoms with Gasteiger partial charge in [0.15, 0.2) is 5.11 Å². The number of rotatable bonds is 4. The summed E-state index contributed by atoms with van der Waals surface area (Å²) in [6.07, 6.45) is 5.27. The minimum Gasteiger partial charge on any atom is -0.374 e.